The van der Waals surface area contributed by atoms with Crippen molar-refractivity contribution < 1.29 is 24.2 Å². The van der Waals surface area contributed by atoms with Crippen LogP contribution in [0.4, 0.5) is 4.79 Å². The molecule has 3 rings (SSSR count). The first-order valence-corrected chi connectivity index (χ1v) is 9.53. The Balaban J connectivity index is 1.61. The summed E-state index contributed by atoms with van der Waals surface area (Å²) in [5, 5.41) is 10.3. The quantitative estimate of drug-likeness (QED) is 0.809. The third kappa shape index (κ3) is 5.06. The highest BCUT2D eigenvalue weighted by Crippen LogP contribution is 2.22. The SMILES string of the molecule is COc1ccc(COC(=O)N2CCC(O)[C@H]2C(=O)N(C)Cc2ccccc2)cc1. The summed E-state index contributed by atoms with van der Waals surface area (Å²) in [7, 11) is 3.25. The Morgan fingerprint density at radius 3 is 2.45 bits per heavy atom. The fraction of sp³-hybridized carbons (Fsp3) is 0.364. The Labute approximate surface area is 170 Å². The van der Waals surface area contributed by atoms with Gasteiger partial charge in [0.25, 0.3) is 0 Å². The minimum Gasteiger partial charge on any atom is -0.497 e. The molecule has 1 aliphatic rings. The highest BCUT2D eigenvalue weighted by atomic mass is 16.6. The van der Waals surface area contributed by atoms with Gasteiger partial charge in [-0.05, 0) is 29.7 Å². The average molecular weight is 398 g/mol. The van der Waals surface area contributed by atoms with Crippen LogP contribution in [-0.4, -0.2) is 59.8 Å². The van der Waals surface area contributed by atoms with Crippen molar-refractivity contribution >= 4 is 12.0 Å². The summed E-state index contributed by atoms with van der Waals surface area (Å²) >= 11 is 0. The summed E-state index contributed by atoms with van der Waals surface area (Å²) in [5.74, 6) is 0.412. The second kappa shape index (κ2) is 9.43. The molecule has 1 saturated heterocycles. The number of hydrogen-bond acceptors (Lipinski definition) is 5. The zero-order chi connectivity index (χ0) is 20.8. The molecule has 0 spiro atoms. The predicted molar refractivity (Wildman–Crippen MR) is 107 cm³/mol. The molecule has 1 unspecified atom stereocenters. The van der Waals surface area contributed by atoms with Crippen LogP contribution < -0.4 is 4.74 Å². The van der Waals surface area contributed by atoms with Crippen LogP contribution in [0, 0.1) is 0 Å². The molecular formula is C22H26N2O5. The Kier molecular flexibility index (Phi) is 6.72. The van der Waals surface area contributed by atoms with Gasteiger partial charge in [0.2, 0.25) is 5.91 Å². The van der Waals surface area contributed by atoms with Crippen molar-refractivity contribution in [2.45, 2.75) is 31.7 Å². The summed E-state index contributed by atoms with van der Waals surface area (Å²) < 4.78 is 10.5. The standard InChI is InChI=1S/C22H26N2O5/c1-23(14-16-6-4-3-5-7-16)21(26)20-19(25)12-13-24(20)22(27)29-15-17-8-10-18(28-2)11-9-17/h3-11,19-20,25H,12-15H2,1-2H3/t19?,20-/m0/s1. The van der Waals surface area contributed by atoms with Crippen molar-refractivity contribution in [3.05, 3.63) is 65.7 Å². The first-order valence-electron chi connectivity index (χ1n) is 9.53. The van der Waals surface area contributed by atoms with Crippen LogP contribution in [0.2, 0.25) is 0 Å². The topological polar surface area (TPSA) is 79.3 Å². The number of likely N-dealkylation sites (N-methyl/N-ethyl adjacent to an activating group) is 1. The van der Waals surface area contributed by atoms with Gasteiger partial charge in [-0.25, -0.2) is 4.79 Å². The van der Waals surface area contributed by atoms with Crippen molar-refractivity contribution in [2.24, 2.45) is 0 Å². The van der Waals surface area contributed by atoms with Crippen LogP contribution in [0.25, 0.3) is 0 Å². The van der Waals surface area contributed by atoms with E-state index >= 15 is 0 Å². The number of ether oxygens (including phenoxy) is 2. The van der Waals surface area contributed by atoms with Crippen LogP contribution >= 0.6 is 0 Å². The Bertz CT molecular complexity index is 825. The van der Waals surface area contributed by atoms with E-state index in [0.717, 1.165) is 16.9 Å². The third-order valence-electron chi connectivity index (χ3n) is 5.01. The number of aliphatic hydroxyl groups excluding tert-OH is 1. The van der Waals surface area contributed by atoms with Gasteiger partial charge >= 0.3 is 6.09 Å². The maximum atomic E-state index is 12.9. The number of hydrogen-bond donors (Lipinski definition) is 1. The number of nitrogens with zero attached hydrogens (tertiary/aromatic N) is 2. The highest BCUT2D eigenvalue weighted by molar-refractivity contribution is 5.86. The molecule has 0 radical (unpaired) electrons. The van der Waals surface area contributed by atoms with Gasteiger partial charge in [0.1, 0.15) is 18.4 Å². The van der Waals surface area contributed by atoms with E-state index in [9.17, 15) is 14.7 Å². The lowest BCUT2D eigenvalue weighted by molar-refractivity contribution is -0.137. The van der Waals surface area contributed by atoms with Crippen LogP contribution in [0.15, 0.2) is 54.6 Å². The molecule has 1 aliphatic heterocycles. The smallest absolute Gasteiger partial charge is 0.410 e. The second-order valence-corrected chi connectivity index (χ2v) is 7.08. The predicted octanol–water partition coefficient (Wildman–Crippen LogP) is 2.43. The van der Waals surface area contributed by atoms with Crippen molar-refractivity contribution in [3.8, 4) is 5.75 Å². The molecule has 2 aromatic rings. The number of carbonyl (C=O) groups excluding carboxylic acids is 2. The van der Waals surface area contributed by atoms with Gasteiger partial charge in [-0.3, -0.25) is 9.69 Å². The summed E-state index contributed by atoms with van der Waals surface area (Å²) in [5.41, 5.74) is 1.78. The van der Waals surface area contributed by atoms with E-state index in [-0.39, 0.29) is 19.1 Å². The molecule has 2 amide bonds. The molecule has 2 aromatic carbocycles. The molecule has 0 aromatic heterocycles. The van der Waals surface area contributed by atoms with E-state index < -0.39 is 18.2 Å². The van der Waals surface area contributed by atoms with Crippen LogP contribution in [0.3, 0.4) is 0 Å². The Hall–Kier alpha value is -3.06. The maximum Gasteiger partial charge on any atom is 0.410 e. The first kappa shape index (κ1) is 20.7. The Morgan fingerprint density at radius 1 is 1.10 bits per heavy atom. The number of methoxy groups -OCH3 is 1. The van der Waals surface area contributed by atoms with E-state index in [1.54, 1.807) is 38.4 Å². The van der Waals surface area contributed by atoms with E-state index in [2.05, 4.69) is 0 Å². The molecule has 7 heteroatoms. The molecule has 2 atom stereocenters. The first-order chi connectivity index (χ1) is 14.0. The molecule has 1 N–H and O–H groups in total. The van der Waals surface area contributed by atoms with Crippen LogP contribution in [0.5, 0.6) is 5.75 Å². The van der Waals surface area contributed by atoms with E-state index in [0.29, 0.717) is 13.0 Å². The van der Waals surface area contributed by atoms with Crippen LogP contribution in [-0.2, 0) is 22.7 Å². The normalized spacial score (nSPS) is 18.4. The maximum absolute atomic E-state index is 12.9. The molecule has 0 saturated carbocycles. The molecule has 29 heavy (non-hydrogen) atoms. The number of likely N-dealkylation sites (tertiary alicyclic amines) is 1. The zero-order valence-electron chi connectivity index (χ0n) is 16.7. The monoisotopic (exact) mass is 398 g/mol. The molecule has 7 nitrogen and oxygen atoms in total. The number of rotatable bonds is 6. The lowest BCUT2D eigenvalue weighted by atomic mass is 10.1. The van der Waals surface area contributed by atoms with Crippen molar-refractivity contribution in [3.63, 3.8) is 0 Å². The minimum atomic E-state index is -0.938. The molecule has 0 aliphatic carbocycles. The van der Waals surface area contributed by atoms with E-state index in [1.165, 1.54) is 9.80 Å². The summed E-state index contributed by atoms with van der Waals surface area (Å²) in [4.78, 5) is 28.3. The van der Waals surface area contributed by atoms with Crippen molar-refractivity contribution in [1.29, 1.82) is 0 Å². The number of benzene rings is 2. The average Bonchev–Trinajstić information content (AvgIpc) is 3.14. The van der Waals surface area contributed by atoms with Gasteiger partial charge in [-0.2, -0.15) is 0 Å². The van der Waals surface area contributed by atoms with Gasteiger partial charge < -0.3 is 19.5 Å². The number of carbonyl (C=O) groups is 2. The van der Waals surface area contributed by atoms with Gasteiger partial charge in [-0.1, -0.05) is 42.5 Å². The summed E-state index contributed by atoms with van der Waals surface area (Å²) in [6, 6.07) is 15.8. The fourth-order valence-corrected chi connectivity index (χ4v) is 3.39. The molecule has 0 bridgehead atoms. The van der Waals surface area contributed by atoms with Gasteiger partial charge in [0.15, 0.2) is 0 Å². The number of aliphatic hydroxyl groups is 1. The zero-order valence-corrected chi connectivity index (χ0v) is 16.7. The fourth-order valence-electron chi connectivity index (χ4n) is 3.39. The second-order valence-electron chi connectivity index (χ2n) is 7.08. The van der Waals surface area contributed by atoms with Gasteiger partial charge in [0.05, 0.1) is 13.2 Å². The van der Waals surface area contributed by atoms with Gasteiger partial charge in [-0.15, -0.1) is 0 Å². The minimum absolute atomic E-state index is 0.0796. The highest BCUT2D eigenvalue weighted by Gasteiger charge is 2.43. The van der Waals surface area contributed by atoms with Crippen molar-refractivity contribution in [1.82, 2.24) is 9.80 Å². The van der Waals surface area contributed by atoms with Gasteiger partial charge in [0, 0.05) is 20.1 Å². The lowest BCUT2D eigenvalue weighted by Gasteiger charge is -2.29. The van der Waals surface area contributed by atoms with Crippen molar-refractivity contribution in [2.75, 3.05) is 20.7 Å². The number of amides is 2. The summed E-state index contributed by atoms with van der Waals surface area (Å²) in [6.07, 6.45) is -1.18. The Morgan fingerprint density at radius 2 is 1.79 bits per heavy atom. The molecular weight excluding hydrogens is 372 g/mol. The molecule has 154 valence electrons. The largest absolute Gasteiger partial charge is 0.497 e. The third-order valence-corrected chi connectivity index (χ3v) is 5.01. The van der Waals surface area contributed by atoms with E-state index in [1.807, 2.05) is 30.3 Å². The molecule has 1 heterocycles. The molecule has 1 fully saturated rings. The van der Waals surface area contributed by atoms with Crippen LogP contribution in [0.1, 0.15) is 17.5 Å². The lowest BCUT2D eigenvalue weighted by Crippen LogP contribution is -2.50. The van der Waals surface area contributed by atoms with E-state index in [4.69, 9.17) is 9.47 Å². The summed E-state index contributed by atoms with van der Waals surface area (Å²) in [6.45, 7) is 0.756.